The number of carbonyl (C=O) groups is 2. The normalized spacial score (nSPS) is 7.62. The van der Waals surface area contributed by atoms with Gasteiger partial charge in [0.1, 0.15) is 0 Å². The Balaban J connectivity index is -0.0000000655. The average molecular weight is 262 g/mol. The van der Waals surface area contributed by atoms with Gasteiger partial charge in [0.2, 0.25) is 0 Å². The first-order valence-corrected chi connectivity index (χ1v) is 4.76. The van der Waals surface area contributed by atoms with Crippen molar-refractivity contribution in [2.75, 3.05) is 0 Å². The number of carboxylic acid groups (broad SMARTS) is 2. The summed E-state index contributed by atoms with van der Waals surface area (Å²) in [7, 11) is 0. The van der Waals surface area contributed by atoms with E-state index < -0.39 is 11.9 Å². The molecule has 0 aromatic rings. The van der Waals surface area contributed by atoms with Crippen LogP contribution in [0.15, 0.2) is 0 Å². The van der Waals surface area contributed by atoms with Gasteiger partial charge in [-0.2, -0.15) is 0 Å². The molecule has 0 saturated carbocycles. The molecule has 16 heavy (non-hydrogen) atoms. The van der Waals surface area contributed by atoms with Crippen LogP contribution in [0.5, 0.6) is 0 Å². The molecule has 94 valence electrons. The van der Waals surface area contributed by atoms with Crippen LogP contribution < -0.4 is 11.5 Å². The molecule has 0 aliphatic carbocycles. The number of nitrogens with two attached hydrogens (primary N) is 2. The monoisotopic (exact) mass is 262 g/mol. The van der Waals surface area contributed by atoms with Gasteiger partial charge >= 0.3 is 63.3 Å². The Morgan fingerprint density at radius 1 is 1.00 bits per heavy atom. The van der Waals surface area contributed by atoms with Gasteiger partial charge in [-0.15, -0.1) is 0 Å². The van der Waals surface area contributed by atoms with E-state index in [4.69, 9.17) is 21.7 Å². The summed E-state index contributed by atoms with van der Waals surface area (Å²) in [5.74, 6) is -1.49. The van der Waals surface area contributed by atoms with Crippen LogP contribution in [0.25, 0.3) is 0 Å². The summed E-state index contributed by atoms with van der Waals surface area (Å²) in [6, 6.07) is 0. The van der Waals surface area contributed by atoms with Crippen molar-refractivity contribution in [2.45, 2.75) is 46.2 Å². The van der Waals surface area contributed by atoms with Crippen LogP contribution in [0, 0.1) is 0 Å². The molecule has 6 N–H and O–H groups in total. The Morgan fingerprint density at radius 3 is 1.12 bits per heavy atom. The fourth-order valence-electron chi connectivity index (χ4n) is 0. The molecule has 6 nitrogen and oxygen atoms in total. The third-order valence-electron chi connectivity index (χ3n) is 1.08. The van der Waals surface area contributed by atoms with Crippen molar-refractivity contribution in [1.82, 2.24) is 0 Å². The van der Waals surface area contributed by atoms with Crippen LogP contribution in [-0.2, 0) is 9.59 Å². The van der Waals surface area contributed by atoms with Gasteiger partial charge in [0.25, 0.3) is 0 Å². The molecule has 7 heteroatoms. The van der Waals surface area contributed by atoms with Crippen LogP contribution in [0.2, 0.25) is 0 Å². The zero-order valence-electron chi connectivity index (χ0n) is 9.56. The van der Waals surface area contributed by atoms with E-state index in [2.05, 4.69) is 0 Å². The SMILES string of the molecule is CCC(=O)O.CCC(=O)O.CCC(N)N.[KH]. The maximum atomic E-state index is 9.37. The molecule has 0 unspecified atom stereocenters. The first-order valence-electron chi connectivity index (χ1n) is 4.76. The summed E-state index contributed by atoms with van der Waals surface area (Å²) in [5, 5.41) is 15.4. The zero-order chi connectivity index (χ0) is 12.9. The fourth-order valence-corrected chi connectivity index (χ4v) is 0. The van der Waals surface area contributed by atoms with Gasteiger partial charge < -0.3 is 21.7 Å². The molecular formula is C9H23KN2O4. The van der Waals surface area contributed by atoms with E-state index in [9.17, 15) is 9.59 Å². The molecule has 0 atom stereocenters. The van der Waals surface area contributed by atoms with Gasteiger partial charge in [0, 0.05) is 12.8 Å². The molecule has 0 aliphatic heterocycles. The molecule has 0 heterocycles. The van der Waals surface area contributed by atoms with E-state index >= 15 is 0 Å². The molecule has 0 fully saturated rings. The van der Waals surface area contributed by atoms with Crippen LogP contribution in [-0.4, -0.2) is 79.7 Å². The van der Waals surface area contributed by atoms with Crippen molar-refractivity contribution >= 4 is 63.3 Å². The Hall–Kier alpha value is 0.496. The predicted molar refractivity (Wildman–Crippen MR) is 65.5 cm³/mol. The third-order valence-corrected chi connectivity index (χ3v) is 1.08. The first-order chi connectivity index (χ1) is 6.81. The Kier molecular flexibility index (Phi) is 33.1. The summed E-state index contributed by atoms with van der Waals surface area (Å²) < 4.78 is 0. The van der Waals surface area contributed by atoms with E-state index in [1.54, 1.807) is 13.8 Å². The number of aliphatic carboxylic acids is 2. The second-order valence-corrected chi connectivity index (χ2v) is 2.57. The molecule has 0 amide bonds. The minimum absolute atomic E-state index is 0. The fraction of sp³-hybridized carbons (Fsp3) is 0.778. The van der Waals surface area contributed by atoms with Gasteiger partial charge in [0.05, 0.1) is 6.17 Å². The quantitative estimate of drug-likeness (QED) is 0.417. The molecular weight excluding hydrogens is 239 g/mol. The second-order valence-electron chi connectivity index (χ2n) is 2.57. The molecule has 0 radical (unpaired) electrons. The number of rotatable bonds is 3. The van der Waals surface area contributed by atoms with Gasteiger partial charge in [-0.25, -0.2) is 0 Å². The molecule has 0 aliphatic rings. The number of carboxylic acids is 2. The third kappa shape index (κ3) is 62.6. The van der Waals surface area contributed by atoms with Gasteiger partial charge in [0.15, 0.2) is 0 Å². The van der Waals surface area contributed by atoms with Crippen molar-refractivity contribution in [3.8, 4) is 0 Å². The average Bonchev–Trinajstić information content (AvgIpc) is 2.19. The van der Waals surface area contributed by atoms with Crippen LogP contribution in [0.4, 0.5) is 0 Å². The van der Waals surface area contributed by atoms with Crippen LogP contribution >= 0.6 is 0 Å². The topological polar surface area (TPSA) is 127 Å². The number of hydrogen-bond donors (Lipinski definition) is 4. The van der Waals surface area contributed by atoms with Gasteiger partial charge in [-0.3, -0.25) is 9.59 Å². The van der Waals surface area contributed by atoms with E-state index in [1.165, 1.54) is 0 Å². The zero-order valence-corrected chi connectivity index (χ0v) is 9.56. The van der Waals surface area contributed by atoms with E-state index in [0.717, 1.165) is 6.42 Å². The van der Waals surface area contributed by atoms with Crippen molar-refractivity contribution in [1.29, 1.82) is 0 Å². The Labute approximate surface area is 139 Å². The number of hydrogen-bond acceptors (Lipinski definition) is 4. The Morgan fingerprint density at radius 2 is 1.12 bits per heavy atom. The summed E-state index contributed by atoms with van der Waals surface area (Å²) in [6.07, 6.45) is 1.19. The van der Waals surface area contributed by atoms with Crippen LogP contribution in [0.1, 0.15) is 40.0 Å². The van der Waals surface area contributed by atoms with Gasteiger partial charge in [-0.1, -0.05) is 20.8 Å². The minimum atomic E-state index is -0.745. The van der Waals surface area contributed by atoms with Crippen molar-refractivity contribution in [3.05, 3.63) is 0 Å². The molecule has 0 rings (SSSR count). The van der Waals surface area contributed by atoms with E-state index in [0.29, 0.717) is 0 Å². The summed E-state index contributed by atoms with van der Waals surface area (Å²) in [5.41, 5.74) is 10.1. The standard InChI is InChI=1S/C3H10N2.2C3H6O2.K.H/c3*1-2-3(4)5;;/h3H,2,4-5H2,1H3;2*2H2,1H3,(H,4,5);;. The molecule has 0 aromatic carbocycles. The predicted octanol–water partition coefficient (Wildman–Crippen LogP) is -0.0466. The second kappa shape index (κ2) is 20.9. The molecule has 0 aromatic heterocycles. The summed E-state index contributed by atoms with van der Waals surface area (Å²) in [6.45, 7) is 5.15. The molecule has 0 spiro atoms. The van der Waals surface area contributed by atoms with E-state index in [1.807, 2.05) is 6.92 Å². The van der Waals surface area contributed by atoms with Crippen molar-refractivity contribution < 1.29 is 19.8 Å². The van der Waals surface area contributed by atoms with Gasteiger partial charge in [-0.05, 0) is 6.42 Å². The van der Waals surface area contributed by atoms with Crippen molar-refractivity contribution in [3.63, 3.8) is 0 Å². The van der Waals surface area contributed by atoms with Crippen molar-refractivity contribution in [2.24, 2.45) is 11.5 Å². The summed E-state index contributed by atoms with van der Waals surface area (Å²) >= 11 is 0. The summed E-state index contributed by atoms with van der Waals surface area (Å²) in [4.78, 5) is 18.7. The maximum absolute atomic E-state index is 9.37. The van der Waals surface area contributed by atoms with Crippen LogP contribution in [0.3, 0.4) is 0 Å². The Bertz CT molecular complexity index is 152. The first kappa shape index (κ1) is 25.4. The molecule has 0 saturated heterocycles. The molecule has 0 bridgehead atoms. The van der Waals surface area contributed by atoms with E-state index in [-0.39, 0.29) is 70.4 Å².